The first-order valence-corrected chi connectivity index (χ1v) is 3.66. The number of nitrogens with two attached hydrogens (primary N) is 1. The highest BCUT2D eigenvalue weighted by Crippen LogP contribution is 2.13. The van der Waals surface area contributed by atoms with Crippen molar-refractivity contribution in [2.75, 3.05) is 12.3 Å². The number of nitrogens with one attached hydrogen (secondary N) is 1. The molecular weight excluding hydrogens is 142 g/mol. The summed E-state index contributed by atoms with van der Waals surface area (Å²) in [6.45, 7) is 4.60. The van der Waals surface area contributed by atoms with Gasteiger partial charge in [0.05, 0.1) is 18.0 Å². The number of anilines is 1. The van der Waals surface area contributed by atoms with Crippen LogP contribution < -0.4 is 5.73 Å². The first kappa shape index (κ1) is 8.07. The Balaban J connectivity index is 2.60. The molecule has 0 radical (unpaired) electrons. The minimum atomic E-state index is 0.0461. The van der Waals surface area contributed by atoms with Crippen molar-refractivity contribution in [1.29, 1.82) is 0 Å². The van der Waals surface area contributed by atoms with Gasteiger partial charge in [-0.05, 0) is 13.8 Å². The maximum atomic E-state index is 5.39. The summed E-state index contributed by atoms with van der Waals surface area (Å²) in [7, 11) is 0. The van der Waals surface area contributed by atoms with Gasteiger partial charge in [0.2, 0.25) is 0 Å². The Hall–Kier alpha value is -1.03. The molecule has 4 heteroatoms. The van der Waals surface area contributed by atoms with Crippen LogP contribution in [0.1, 0.15) is 25.6 Å². The fourth-order valence-corrected chi connectivity index (χ4v) is 0.898. The number of aromatic amines is 1. The SMILES string of the molecule is CCOC(C)c1cnc(N)[nH]1. The van der Waals surface area contributed by atoms with Crippen molar-refractivity contribution in [3.63, 3.8) is 0 Å². The minimum absolute atomic E-state index is 0.0461. The number of nitrogen functional groups attached to an aromatic ring is 1. The van der Waals surface area contributed by atoms with Crippen LogP contribution >= 0.6 is 0 Å². The molecule has 0 aromatic carbocycles. The third-order valence-electron chi connectivity index (χ3n) is 1.47. The van der Waals surface area contributed by atoms with Crippen LogP contribution in [-0.4, -0.2) is 16.6 Å². The summed E-state index contributed by atoms with van der Waals surface area (Å²) >= 11 is 0. The zero-order chi connectivity index (χ0) is 8.27. The van der Waals surface area contributed by atoms with Gasteiger partial charge in [0, 0.05) is 6.61 Å². The molecule has 1 unspecified atom stereocenters. The number of ether oxygens (including phenoxy) is 1. The quantitative estimate of drug-likeness (QED) is 0.686. The molecule has 62 valence electrons. The maximum absolute atomic E-state index is 5.39. The van der Waals surface area contributed by atoms with Gasteiger partial charge in [-0.1, -0.05) is 0 Å². The standard InChI is InChI=1S/C7H13N3O/c1-3-11-5(2)6-4-9-7(8)10-6/h4-5H,3H2,1-2H3,(H3,8,9,10). The summed E-state index contributed by atoms with van der Waals surface area (Å²) in [5.41, 5.74) is 6.31. The second-order valence-corrected chi connectivity index (χ2v) is 2.32. The molecule has 0 aliphatic heterocycles. The molecule has 1 atom stereocenters. The fraction of sp³-hybridized carbons (Fsp3) is 0.571. The number of aromatic nitrogens is 2. The Kier molecular flexibility index (Phi) is 2.48. The number of hydrogen-bond acceptors (Lipinski definition) is 3. The molecule has 0 aliphatic rings. The van der Waals surface area contributed by atoms with E-state index in [1.54, 1.807) is 6.20 Å². The van der Waals surface area contributed by atoms with E-state index in [2.05, 4.69) is 9.97 Å². The molecule has 0 spiro atoms. The lowest BCUT2D eigenvalue weighted by Crippen LogP contribution is -1.99. The van der Waals surface area contributed by atoms with Crippen molar-refractivity contribution < 1.29 is 4.74 Å². The number of H-pyrrole nitrogens is 1. The van der Waals surface area contributed by atoms with Crippen LogP contribution in [0, 0.1) is 0 Å². The third kappa shape index (κ3) is 1.94. The van der Waals surface area contributed by atoms with Gasteiger partial charge in [0.25, 0.3) is 0 Å². The van der Waals surface area contributed by atoms with E-state index in [0.29, 0.717) is 12.6 Å². The van der Waals surface area contributed by atoms with Crippen LogP contribution in [0.5, 0.6) is 0 Å². The van der Waals surface area contributed by atoms with Crippen LogP contribution in [0.2, 0.25) is 0 Å². The summed E-state index contributed by atoms with van der Waals surface area (Å²) in [5, 5.41) is 0. The van der Waals surface area contributed by atoms with Crippen molar-refractivity contribution in [1.82, 2.24) is 9.97 Å². The molecule has 0 saturated carbocycles. The first-order valence-electron chi connectivity index (χ1n) is 3.66. The van der Waals surface area contributed by atoms with Crippen molar-refractivity contribution in [3.8, 4) is 0 Å². The highest BCUT2D eigenvalue weighted by Gasteiger charge is 2.06. The molecule has 4 nitrogen and oxygen atoms in total. The third-order valence-corrected chi connectivity index (χ3v) is 1.47. The summed E-state index contributed by atoms with van der Waals surface area (Å²) in [6.07, 6.45) is 1.74. The maximum Gasteiger partial charge on any atom is 0.197 e. The number of hydrogen-bond donors (Lipinski definition) is 2. The smallest absolute Gasteiger partial charge is 0.197 e. The Morgan fingerprint density at radius 3 is 3.00 bits per heavy atom. The monoisotopic (exact) mass is 155 g/mol. The predicted molar refractivity (Wildman–Crippen MR) is 43.0 cm³/mol. The van der Waals surface area contributed by atoms with Crippen LogP contribution in [0.15, 0.2) is 6.20 Å². The molecule has 1 aromatic rings. The molecule has 0 amide bonds. The fourth-order valence-electron chi connectivity index (χ4n) is 0.898. The van der Waals surface area contributed by atoms with Crippen LogP contribution in [0.3, 0.4) is 0 Å². The van der Waals surface area contributed by atoms with Crippen molar-refractivity contribution in [2.45, 2.75) is 20.0 Å². The Bertz CT molecular complexity index is 221. The van der Waals surface area contributed by atoms with E-state index in [9.17, 15) is 0 Å². The van der Waals surface area contributed by atoms with E-state index in [4.69, 9.17) is 10.5 Å². The van der Waals surface area contributed by atoms with Gasteiger partial charge < -0.3 is 15.5 Å². The lowest BCUT2D eigenvalue weighted by atomic mass is 10.3. The molecule has 1 rings (SSSR count). The number of imidazole rings is 1. The van der Waals surface area contributed by atoms with Gasteiger partial charge in [-0.25, -0.2) is 4.98 Å². The average molecular weight is 155 g/mol. The van der Waals surface area contributed by atoms with Crippen molar-refractivity contribution >= 4 is 5.95 Å². The summed E-state index contributed by atoms with van der Waals surface area (Å²) in [6, 6.07) is 0. The second kappa shape index (κ2) is 3.39. The Labute approximate surface area is 65.8 Å². The van der Waals surface area contributed by atoms with Gasteiger partial charge >= 0.3 is 0 Å². The summed E-state index contributed by atoms with van der Waals surface area (Å²) < 4.78 is 5.31. The molecular formula is C7H13N3O. The molecule has 0 bridgehead atoms. The average Bonchev–Trinajstić information content (AvgIpc) is 2.36. The number of nitrogens with zero attached hydrogens (tertiary/aromatic N) is 1. The van der Waals surface area contributed by atoms with E-state index < -0.39 is 0 Å². The van der Waals surface area contributed by atoms with Crippen molar-refractivity contribution in [2.24, 2.45) is 0 Å². The molecule has 1 aromatic heterocycles. The Morgan fingerprint density at radius 2 is 2.55 bits per heavy atom. The normalized spacial score (nSPS) is 13.3. The van der Waals surface area contributed by atoms with E-state index >= 15 is 0 Å². The highest BCUT2D eigenvalue weighted by molar-refractivity contribution is 5.19. The van der Waals surface area contributed by atoms with Crippen LogP contribution in [-0.2, 0) is 4.74 Å². The molecule has 3 N–H and O–H groups in total. The Morgan fingerprint density at radius 1 is 1.82 bits per heavy atom. The predicted octanol–water partition coefficient (Wildman–Crippen LogP) is 1.09. The molecule has 11 heavy (non-hydrogen) atoms. The van der Waals surface area contributed by atoms with Crippen LogP contribution in [0.4, 0.5) is 5.95 Å². The molecule has 1 heterocycles. The molecule has 0 fully saturated rings. The minimum Gasteiger partial charge on any atom is -0.373 e. The van der Waals surface area contributed by atoms with Gasteiger partial charge in [-0.2, -0.15) is 0 Å². The largest absolute Gasteiger partial charge is 0.373 e. The van der Waals surface area contributed by atoms with Gasteiger partial charge in [-0.15, -0.1) is 0 Å². The van der Waals surface area contributed by atoms with Crippen LogP contribution in [0.25, 0.3) is 0 Å². The van der Waals surface area contributed by atoms with Gasteiger partial charge in [0.15, 0.2) is 5.95 Å². The lowest BCUT2D eigenvalue weighted by molar-refractivity contribution is 0.0737. The van der Waals surface area contributed by atoms with E-state index in [0.717, 1.165) is 5.69 Å². The second-order valence-electron chi connectivity index (χ2n) is 2.32. The topological polar surface area (TPSA) is 63.9 Å². The lowest BCUT2D eigenvalue weighted by Gasteiger charge is -2.07. The van der Waals surface area contributed by atoms with Crippen molar-refractivity contribution in [3.05, 3.63) is 11.9 Å². The van der Waals surface area contributed by atoms with E-state index in [-0.39, 0.29) is 6.10 Å². The first-order chi connectivity index (χ1) is 5.24. The molecule has 0 aliphatic carbocycles. The molecule has 0 saturated heterocycles. The zero-order valence-electron chi connectivity index (χ0n) is 6.79. The van der Waals surface area contributed by atoms with E-state index in [1.807, 2.05) is 13.8 Å². The van der Waals surface area contributed by atoms with Gasteiger partial charge in [0.1, 0.15) is 0 Å². The summed E-state index contributed by atoms with van der Waals surface area (Å²) in [4.78, 5) is 6.76. The number of rotatable bonds is 3. The summed E-state index contributed by atoms with van der Waals surface area (Å²) in [5.74, 6) is 0.437. The zero-order valence-corrected chi connectivity index (χ0v) is 6.79. The van der Waals surface area contributed by atoms with E-state index in [1.165, 1.54) is 0 Å². The highest BCUT2D eigenvalue weighted by atomic mass is 16.5. The van der Waals surface area contributed by atoms with Gasteiger partial charge in [-0.3, -0.25) is 0 Å².